The Hall–Kier alpha value is -1.12. The highest BCUT2D eigenvalue weighted by atomic mass is 35.5. The molecule has 0 unspecified atom stereocenters. The van der Waals surface area contributed by atoms with E-state index in [9.17, 15) is 8.42 Å². The summed E-state index contributed by atoms with van der Waals surface area (Å²) < 4.78 is 26.9. The molecule has 20 heavy (non-hydrogen) atoms. The van der Waals surface area contributed by atoms with Crippen molar-refractivity contribution >= 4 is 33.2 Å². The van der Waals surface area contributed by atoms with E-state index in [1.54, 1.807) is 0 Å². The van der Waals surface area contributed by atoms with Gasteiger partial charge in [0.05, 0.1) is 17.9 Å². The second-order valence-electron chi connectivity index (χ2n) is 3.98. The van der Waals surface area contributed by atoms with E-state index in [2.05, 4.69) is 14.7 Å². The number of sulfonamides is 1. The zero-order chi connectivity index (χ0) is 14.8. The Morgan fingerprint density at radius 1 is 1.35 bits per heavy atom. The van der Waals surface area contributed by atoms with E-state index in [-0.39, 0.29) is 28.0 Å². The summed E-state index contributed by atoms with van der Waals surface area (Å²) in [5, 5.41) is 0.339. The lowest BCUT2D eigenvalue weighted by Crippen LogP contribution is -2.24. The Morgan fingerprint density at radius 3 is 2.70 bits per heavy atom. The van der Waals surface area contributed by atoms with Gasteiger partial charge >= 0.3 is 0 Å². The Morgan fingerprint density at radius 2 is 2.10 bits per heavy atom. The van der Waals surface area contributed by atoms with Crippen molar-refractivity contribution in [3.8, 4) is 0 Å². The molecule has 0 bridgehead atoms. The average molecular weight is 335 g/mol. The molecular formula is C11H12Cl2N4O2S. The molecular weight excluding hydrogens is 323 g/mol. The molecule has 2 rings (SSSR count). The molecule has 4 N–H and O–H groups in total. The first-order chi connectivity index (χ1) is 9.44. The largest absolute Gasteiger partial charge is 0.347 e. The molecule has 6 nitrogen and oxygen atoms in total. The van der Waals surface area contributed by atoms with E-state index in [0.717, 1.165) is 0 Å². The van der Waals surface area contributed by atoms with Gasteiger partial charge in [-0.15, -0.1) is 0 Å². The summed E-state index contributed by atoms with van der Waals surface area (Å²) in [4.78, 5) is 6.50. The number of nitrogens with zero attached hydrogens (tertiary/aromatic N) is 1. The molecule has 0 fully saturated rings. The van der Waals surface area contributed by atoms with Crippen LogP contribution >= 0.6 is 23.2 Å². The van der Waals surface area contributed by atoms with Crippen molar-refractivity contribution < 1.29 is 8.42 Å². The highest BCUT2D eigenvalue weighted by Crippen LogP contribution is 2.29. The fourth-order valence-electron chi connectivity index (χ4n) is 1.59. The van der Waals surface area contributed by atoms with Crippen LogP contribution in [0.2, 0.25) is 10.0 Å². The third-order valence-corrected chi connectivity index (χ3v) is 4.80. The SMILES string of the molecule is NCc1cc(Cl)cc(S(=O)(=O)NCc2cnc[nH]2)c1Cl. The van der Waals surface area contributed by atoms with Crippen molar-refractivity contribution in [2.75, 3.05) is 0 Å². The van der Waals surface area contributed by atoms with Crippen LogP contribution in [0.5, 0.6) is 0 Å². The number of nitrogens with two attached hydrogens (primary N) is 1. The number of aromatic amines is 1. The van der Waals surface area contributed by atoms with E-state index in [1.165, 1.54) is 24.7 Å². The predicted molar refractivity (Wildman–Crippen MR) is 77.0 cm³/mol. The van der Waals surface area contributed by atoms with Crippen LogP contribution in [0.1, 0.15) is 11.3 Å². The monoisotopic (exact) mass is 334 g/mol. The quantitative estimate of drug-likeness (QED) is 0.773. The van der Waals surface area contributed by atoms with Crippen LogP contribution in [0.15, 0.2) is 29.6 Å². The molecule has 2 aromatic rings. The summed E-state index contributed by atoms with van der Waals surface area (Å²) in [5.74, 6) is 0. The normalized spacial score (nSPS) is 11.8. The van der Waals surface area contributed by atoms with E-state index in [0.29, 0.717) is 11.3 Å². The van der Waals surface area contributed by atoms with Gasteiger partial charge in [-0.25, -0.2) is 18.1 Å². The second kappa shape index (κ2) is 6.11. The summed E-state index contributed by atoms with van der Waals surface area (Å²) in [6.07, 6.45) is 2.98. The van der Waals surface area contributed by atoms with Gasteiger partial charge in [0.2, 0.25) is 10.0 Å². The third-order valence-electron chi connectivity index (χ3n) is 2.60. The number of halogens is 2. The van der Waals surface area contributed by atoms with Crippen molar-refractivity contribution in [2.24, 2.45) is 5.73 Å². The van der Waals surface area contributed by atoms with Crippen LogP contribution in [-0.2, 0) is 23.1 Å². The van der Waals surface area contributed by atoms with Crippen LogP contribution in [0.25, 0.3) is 0 Å². The number of rotatable bonds is 5. The summed E-state index contributed by atoms with van der Waals surface area (Å²) in [5.41, 5.74) is 6.61. The first kappa shape index (κ1) is 15.3. The van der Waals surface area contributed by atoms with E-state index in [1.807, 2.05) is 0 Å². The van der Waals surface area contributed by atoms with Gasteiger partial charge in [-0.1, -0.05) is 23.2 Å². The Balaban J connectivity index is 2.31. The number of imidazole rings is 1. The first-order valence-corrected chi connectivity index (χ1v) is 7.83. The Kier molecular flexibility index (Phi) is 4.66. The van der Waals surface area contributed by atoms with E-state index >= 15 is 0 Å². The summed E-state index contributed by atoms with van der Waals surface area (Å²) in [6.45, 7) is 0.172. The fourth-order valence-corrected chi connectivity index (χ4v) is 3.54. The van der Waals surface area contributed by atoms with Gasteiger partial charge in [-0.2, -0.15) is 0 Å². The Bertz CT molecular complexity index is 701. The highest BCUT2D eigenvalue weighted by Gasteiger charge is 2.20. The zero-order valence-corrected chi connectivity index (χ0v) is 12.6. The molecule has 1 aromatic heterocycles. The molecule has 0 aliphatic carbocycles. The third kappa shape index (κ3) is 3.31. The molecule has 9 heteroatoms. The molecule has 1 aromatic carbocycles. The molecule has 0 saturated carbocycles. The van der Waals surface area contributed by atoms with Crippen molar-refractivity contribution in [1.82, 2.24) is 14.7 Å². The Labute approximate surface area is 126 Å². The number of aromatic nitrogens is 2. The van der Waals surface area contributed by atoms with Gasteiger partial charge in [0.1, 0.15) is 4.90 Å². The molecule has 0 aliphatic heterocycles. The summed E-state index contributed by atoms with van der Waals surface area (Å²) >= 11 is 11.9. The van der Waals surface area contributed by atoms with Crippen molar-refractivity contribution in [3.63, 3.8) is 0 Å². The predicted octanol–water partition coefficient (Wildman–Crippen LogP) is 1.65. The smallest absolute Gasteiger partial charge is 0.242 e. The lowest BCUT2D eigenvalue weighted by Gasteiger charge is -2.11. The number of benzene rings is 1. The van der Waals surface area contributed by atoms with Crippen LogP contribution < -0.4 is 10.5 Å². The number of hydrogen-bond donors (Lipinski definition) is 3. The lowest BCUT2D eigenvalue weighted by atomic mass is 10.2. The second-order valence-corrected chi connectivity index (χ2v) is 6.53. The zero-order valence-electron chi connectivity index (χ0n) is 10.2. The van der Waals surface area contributed by atoms with E-state index < -0.39 is 10.0 Å². The molecule has 0 saturated heterocycles. The highest BCUT2D eigenvalue weighted by molar-refractivity contribution is 7.89. The lowest BCUT2D eigenvalue weighted by molar-refractivity contribution is 0.580. The number of H-pyrrole nitrogens is 1. The molecule has 1 heterocycles. The van der Waals surface area contributed by atoms with Crippen LogP contribution in [0.3, 0.4) is 0 Å². The number of nitrogens with one attached hydrogen (secondary N) is 2. The molecule has 108 valence electrons. The molecule has 0 radical (unpaired) electrons. The topological polar surface area (TPSA) is 101 Å². The molecule has 0 amide bonds. The van der Waals surface area contributed by atoms with Gasteiger partial charge in [0.15, 0.2) is 0 Å². The maximum absolute atomic E-state index is 12.2. The van der Waals surface area contributed by atoms with Crippen LogP contribution in [-0.4, -0.2) is 18.4 Å². The summed E-state index contributed by atoms with van der Waals surface area (Å²) in [6, 6.07) is 2.83. The standard InChI is InChI=1S/C11H12Cl2N4O2S/c12-8-1-7(3-14)11(13)10(2-8)20(18,19)17-5-9-4-15-6-16-9/h1-2,4,6,17H,3,5,14H2,(H,15,16). The minimum absolute atomic E-state index is 0.0726. The maximum Gasteiger partial charge on any atom is 0.242 e. The minimum atomic E-state index is -3.79. The van der Waals surface area contributed by atoms with Crippen molar-refractivity contribution in [3.05, 3.63) is 46.0 Å². The van der Waals surface area contributed by atoms with Crippen molar-refractivity contribution in [2.45, 2.75) is 18.0 Å². The van der Waals surface area contributed by atoms with Crippen LogP contribution in [0.4, 0.5) is 0 Å². The van der Waals surface area contributed by atoms with Gasteiger partial charge < -0.3 is 10.7 Å². The minimum Gasteiger partial charge on any atom is -0.347 e. The average Bonchev–Trinajstić information content (AvgIpc) is 2.92. The van der Waals surface area contributed by atoms with Gasteiger partial charge in [-0.05, 0) is 17.7 Å². The van der Waals surface area contributed by atoms with E-state index in [4.69, 9.17) is 28.9 Å². The van der Waals surface area contributed by atoms with Crippen molar-refractivity contribution in [1.29, 1.82) is 0 Å². The first-order valence-electron chi connectivity index (χ1n) is 5.59. The molecule has 0 atom stereocenters. The van der Waals surface area contributed by atoms with Gasteiger partial charge in [-0.3, -0.25) is 0 Å². The maximum atomic E-state index is 12.2. The van der Waals surface area contributed by atoms with Gasteiger partial charge in [0, 0.05) is 23.5 Å². The van der Waals surface area contributed by atoms with Gasteiger partial charge in [0.25, 0.3) is 0 Å². The molecule has 0 spiro atoms. The summed E-state index contributed by atoms with van der Waals surface area (Å²) in [7, 11) is -3.79. The van der Waals surface area contributed by atoms with Crippen LogP contribution in [0, 0.1) is 0 Å². The number of hydrogen-bond acceptors (Lipinski definition) is 4. The fraction of sp³-hybridized carbons (Fsp3) is 0.182. The molecule has 0 aliphatic rings.